The molecule has 8 heteroatoms. The molecule has 0 unspecified atom stereocenters. The van der Waals surface area contributed by atoms with E-state index in [1.807, 2.05) is 26.0 Å². The first-order chi connectivity index (χ1) is 9.02. The molecule has 0 amide bonds. The van der Waals surface area contributed by atoms with Crippen molar-refractivity contribution in [3.05, 3.63) is 35.2 Å². The summed E-state index contributed by atoms with van der Waals surface area (Å²) < 4.78 is 0. The highest BCUT2D eigenvalue weighted by Gasteiger charge is 2.00. The van der Waals surface area contributed by atoms with Crippen LogP contribution >= 0.6 is 24.0 Å². The van der Waals surface area contributed by atoms with Gasteiger partial charge in [0.1, 0.15) is 6.54 Å². The molecule has 20 heavy (non-hydrogen) atoms. The number of nitrogens with one attached hydrogen (secondary N) is 1. The van der Waals surface area contributed by atoms with Crippen LogP contribution in [0.2, 0.25) is 0 Å². The fourth-order valence-electron chi connectivity index (χ4n) is 1.78. The molecule has 3 N–H and O–H groups in total. The molecule has 0 aliphatic carbocycles. The van der Waals surface area contributed by atoms with Gasteiger partial charge >= 0.3 is 0 Å². The van der Waals surface area contributed by atoms with Crippen molar-refractivity contribution in [2.24, 2.45) is 17.8 Å². The van der Waals surface area contributed by atoms with Crippen molar-refractivity contribution in [1.82, 2.24) is 20.2 Å². The first-order valence-electron chi connectivity index (χ1n) is 5.91. The zero-order chi connectivity index (χ0) is 13.8. The fraction of sp³-hybridized carbons (Fsp3) is 0.333. The number of guanidine groups is 1. The number of anilines is 1. The van der Waals surface area contributed by atoms with Crippen LogP contribution in [0.25, 0.3) is 0 Å². The molecule has 0 saturated carbocycles. The van der Waals surface area contributed by atoms with Crippen LogP contribution in [0.4, 0.5) is 5.69 Å². The van der Waals surface area contributed by atoms with Gasteiger partial charge in [0.15, 0.2) is 11.8 Å². The van der Waals surface area contributed by atoms with Crippen LogP contribution in [0.5, 0.6) is 0 Å². The number of aliphatic imine (C=N–C) groups is 1. The number of aromatic nitrogens is 4. The summed E-state index contributed by atoms with van der Waals surface area (Å²) in [5.41, 5.74) is 9.08. The maximum Gasteiger partial charge on any atom is 0.196 e. The van der Waals surface area contributed by atoms with Gasteiger partial charge in [0.2, 0.25) is 0 Å². The molecular formula is C12H18IN7. The van der Waals surface area contributed by atoms with Crippen LogP contribution in [0, 0.1) is 13.8 Å². The minimum Gasteiger partial charge on any atom is -0.370 e. The molecule has 0 aliphatic heterocycles. The summed E-state index contributed by atoms with van der Waals surface area (Å²) in [6, 6.07) is 6.12. The Kier molecular flexibility index (Phi) is 5.86. The van der Waals surface area contributed by atoms with Crippen molar-refractivity contribution in [2.75, 3.05) is 5.32 Å². The predicted molar refractivity (Wildman–Crippen MR) is 89.1 cm³/mol. The molecule has 7 nitrogen and oxygen atoms in total. The van der Waals surface area contributed by atoms with Gasteiger partial charge in [-0.3, -0.25) is 0 Å². The Labute approximate surface area is 134 Å². The van der Waals surface area contributed by atoms with Crippen molar-refractivity contribution in [3.63, 3.8) is 0 Å². The maximum absolute atomic E-state index is 5.82. The van der Waals surface area contributed by atoms with Crippen LogP contribution in [0.3, 0.4) is 0 Å². The van der Waals surface area contributed by atoms with Gasteiger partial charge in [-0.1, -0.05) is 6.07 Å². The first-order valence-corrected chi connectivity index (χ1v) is 5.91. The Morgan fingerprint density at radius 3 is 2.50 bits per heavy atom. The van der Waals surface area contributed by atoms with E-state index in [9.17, 15) is 0 Å². The lowest BCUT2D eigenvalue weighted by molar-refractivity contribution is 0.627. The van der Waals surface area contributed by atoms with Crippen molar-refractivity contribution in [2.45, 2.75) is 20.4 Å². The summed E-state index contributed by atoms with van der Waals surface area (Å²) >= 11 is 0. The van der Waals surface area contributed by atoms with Crippen LogP contribution in [0.1, 0.15) is 17.0 Å². The Morgan fingerprint density at radius 1 is 1.30 bits per heavy atom. The van der Waals surface area contributed by atoms with Crippen LogP contribution in [-0.4, -0.2) is 26.2 Å². The van der Waals surface area contributed by atoms with E-state index in [-0.39, 0.29) is 24.0 Å². The zero-order valence-electron chi connectivity index (χ0n) is 11.7. The topological polar surface area (TPSA) is 94.0 Å². The van der Waals surface area contributed by atoms with Crippen LogP contribution in [0.15, 0.2) is 23.2 Å². The van der Waals surface area contributed by atoms with Crippen LogP contribution in [-0.2, 0) is 13.6 Å². The summed E-state index contributed by atoms with van der Waals surface area (Å²) in [6.45, 7) is 4.38. The summed E-state index contributed by atoms with van der Waals surface area (Å²) in [7, 11) is 1.71. The van der Waals surface area contributed by atoms with E-state index in [0.29, 0.717) is 18.3 Å². The Bertz CT molecular complexity index is 585. The molecule has 1 aromatic heterocycles. The lowest BCUT2D eigenvalue weighted by Gasteiger charge is -2.07. The van der Waals surface area contributed by atoms with Gasteiger partial charge in [0.25, 0.3) is 0 Å². The van der Waals surface area contributed by atoms with Crippen molar-refractivity contribution >= 4 is 35.6 Å². The molecule has 0 radical (unpaired) electrons. The Hall–Kier alpha value is -1.71. The normalized spacial score (nSPS) is 11.1. The third kappa shape index (κ3) is 4.76. The van der Waals surface area contributed by atoms with Gasteiger partial charge in [0, 0.05) is 5.69 Å². The second-order valence-corrected chi connectivity index (χ2v) is 4.40. The number of hydrogen-bond acceptors (Lipinski definition) is 4. The quantitative estimate of drug-likeness (QED) is 0.472. The van der Waals surface area contributed by atoms with Gasteiger partial charge in [-0.25, -0.2) is 4.99 Å². The number of benzene rings is 1. The highest BCUT2D eigenvalue weighted by molar-refractivity contribution is 14.0. The number of rotatable bonds is 3. The SMILES string of the molecule is Cc1cc(C)cc(NC(N)=NCc2nnn(C)n2)c1.I. The minimum atomic E-state index is 0. The second kappa shape index (κ2) is 7.17. The molecule has 0 aliphatic rings. The Balaban J connectivity index is 0.00000200. The summed E-state index contributed by atoms with van der Waals surface area (Å²) in [4.78, 5) is 5.55. The van der Waals surface area contributed by atoms with E-state index < -0.39 is 0 Å². The molecule has 0 saturated heterocycles. The number of halogens is 1. The third-order valence-electron chi connectivity index (χ3n) is 2.43. The molecule has 1 heterocycles. The van der Waals surface area contributed by atoms with Gasteiger partial charge in [-0.15, -0.1) is 34.2 Å². The molecule has 2 aromatic rings. The molecule has 0 spiro atoms. The second-order valence-electron chi connectivity index (χ2n) is 4.40. The number of nitrogens with two attached hydrogens (primary N) is 1. The highest BCUT2D eigenvalue weighted by atomic mass is 127. The first kappa shape index (κ1) is 16.3. The average Bonchev–Trinajstić information content (AvgIpc) is 2.71. The fourth-order valence-corrected chi connectivity index (χ4v) is 1.78. The molecular weight excluding hydrogens is 369 g/mol. The Morgan fingerprint density at radius 2 is 1.95 bits per heavy atom. The van der Waals surface area contributed by atoms with Crippen LogP contribution < -0.4 is 11.1 Å². The van der Waals surface area contributed by atoms with Gasteiger partial charge in [-0.05, 0) is 42.3 Å². The number of nitrogens with zero attached hydrogens (tertiary/aromatic N) is 5. The van der Waals surface area contributed by atoms with E-state index in [2.05, 4.69) is 31.8 Å². The van der Waals surface area contributed by atoms with E-state index in [1.54, 1.807) is 7.05 Å². The largest absolute Gasteiger partial charge is 0.370 e. The summed E-state index contributed by atoms with van der Waals surface area (Å²) in [5, 5.41) is 14.6. The van der Waals surface area contributed by atoms with Gasteiger partial charge in [0.05, 0.1) is 7.05 Å². The van der Waals surface area contributed by atoms with Crippen molar-refractivity contribution < 1.29 is 0 Å². The summed E-state index contributed by atoms with van der Waals surface area (Å²) in [6.07, 6.45) is 0. The van der Waals surface area contributed by atoms with Crippen molar-refractivity contribution in [1.29, 1.82) is 0 Å². The summed E-state index contributed by atoms with van der Waals surface area (Å²) in [5.74, 6) is 0.866. The highest BCUT2D eigenvalue weighted by Crippen LogP contribution is 2.13. The molecule has 2 rings (SSSR count). The van der Waals surface area contributed by atoms with Gasteiger partial charge in [-0.2, -0.15) is 4.80 Å². The third-order valence-corrected chi connectivity index (χ3v) is 2.43. The van der Waals surface area contributed by atoms with Gasteiger partial charge < -0.3 is 11.1 Å². The van der Waals surface area contributed by atoms with E-state index in [1.165, 1.54) is 15.9 Å². The standard InChI is InChI=1S/C12H17N7.HI/c1-8-4-9(2)6-10(5-8)15-12(13)14-7-11-16-18-19(3)17-11;/h4-6H,7H2,1-3H3,(H3,13,14,15);1H. The molecule has 108 valence electrons. The lowest BCUT2D eigenvalue weighted by atomic mass is 10.1. The predicted octanol–water partition coefficient (Wildman–Crippen LogP) is 1.37. The molecule has 0 bridgehead atoms. The number of tetrazole rings is 1. The smallest absolute Gasteiger partial charge is 0.196 e. The van der Waals surface area contributed by atoms with E-state index in [0.717, 1.165) is 5.69 Å². The lowest BCUT2D eigenvalue weighted by Crippen LogP contribution is -2.22. The zero-order valence-corrected chi connectivity index (χ0v) is 14.0. The maximum atomic E-state index is 5.82. The minimum absolute atomic E-state index is 0. The number of aryl methyl sites for hydroxylation is 3. The van der Waals surface area contributed by atoms with E-state index >= 15 is 0 Å². The molecule has 0 atom stereocenters. The molecule has 0 fully saturated rings. The molecule has 1 aromatic carbocycles. The van der Waals surface area contributed by atoms with E-state index in [4.69, 9.17) is 5.73 Å². The average molecular weight is 387 g/mol. The monoisotopic (exact) mass is 387 g/mol. The van der Waals surface area contributed by atoms with Crippen molar-refractivity contribution in [3.8, 4) is 0 Å². The number of hydrogen-bond donors (Lipinski definition) is 2.